The molecule has 7 heteroatoms. The van der Waals surface area contributed by atoms with Gasteiger partial charge in [-0.25, -0.2) is 0 Å². The Morgan fingerprint density at radius 1 is 1.11 bits per heavy atom. The Kier molecular flexibility index (Phi) is 7.31. The number of carbonyl (C=O) groups is 1. The first-order chi connectivity index (χ1) is 13.2. The van der Waals surface area contributed by atoms with Crippen molar-refractivity contribution in [2.75, 3.05) is 0 Å². The van der Waals surface area contributed by atoms with E-state index in [0.29, 0.717) is 30.1 Å². The number of hydrogen-bond donors (Lipinski definition) is 1. The van der Waals surface area contributed by atoms with E-state index in [1.807, 2.05) is 13.0 Å². The molecule has 1 N–H and O–H groups in total. The van der Waals surface area contributed by atoms with Crippen LogP contribution in [0.5, 0.6) is 17.2 Å². The molecule has 0 saturated heterocycles. The van der Waals surface area contributed by atoms with Crippen molar-refractivity contribution in [2.24, 2.45) is 0 Å². The lowest BCUT2D eigenvalue weighted by atomic mass is 10.1. The topological polar surface area (TPSA) is 55.8 Å². The van der Waals surface area contributed by atoms with Gasteiger partial charge in [-0.2, -0.15) is 13.2 Å². The van der Waals surface area contributed by atoms with Crippen LogP contribution in [-0.2, 0) is 17.4 Å². The molecule has 1 atom stereocenters. The Hall–Kier alpha value is -2.70. The second-order valence-electron chi connectivity index (χ2n) is 6.50. The summed E-state index contributed by atoms with van der Waals surface area (Å²) in [5, 5.41) is 8.75. The van der Waals surface area contributed by atoms with Gasteiger partial charge in [0.2, 0.25) is 0 Å². The molecule has 0 spiro atoms. The minimum atomic E-state index is -4.39. The van der Waals surface area contributed by atoms with E-state index >= 15 is 0 Å². The molecule has 0 aliphatic carbocycles. The van der Waals surface area contributed by atoms with E-state index < -0.39 is 17.7 Å². The summed E-state index contributed by atoms with van der Waals surface area (Å²) in [4.78, 5) is 10.7. The summed E-state index contributed by atoms with van der Waals surface area (Å²) in [6, 6.07) is 9.78. The molecular formula is C21H23F3O4. The van der Waals surface area contributed by atoms with Crippen molar-refractivity contribution in [3.05, 3.63) is 53.6 Å². The van der Waals surface area contributed by atoms with E-state index in [-0.39, 0.29) is 12.5 Å². The monoisotopic (exact) mass is 396 g/mol. The quantitative estimate of drug-likeness (QED) is 0.558. The highest BCUT2D eigenvalue weighted by atomic mass is 19.4. The first-order valence-electron chi connectivity index (χ1n) is 9.05. The maximum absolute atomic E-state index is 12.7. The molecule has 0 fully saturated rings. The first-order valence-corrected chi connectivity index (χ1v) is 9.05. The molecule has 28 heavy (non-hydrogen) atoms. The summed E-state index contributed by atoms with van der Waals surface area (Å²) in [5.41, 5.74) is 0.137. The molecule has 2 rings (SSSR count). The molecular weight excluding hydrogens is 373 g/mol. The largest absolute Gasteiger partial charge is 0.491 e. The van der Waals surface area contributed by atoms with E-state index in [1.54, 1.807) is 19.1 Å². The third-order valence-corrected chi connectivity index (χ3v) is 4.06. The third kappa shape index (κ3) is 6.48. The lowest BCUT2D eigenvalue weighted by molar-refractivity contribution is -0.138. The molecule has 2 aromatic rings. The maximum atomic E-state index is 12.7. The van der Waals surface area contributed by atoms with Crippen LogP contribution in [0.4, 0.5) is 13.2 Å². The molecule has 152 valence electrons. The fourth-order valence-corrected chi connectivity index (χ4v) is 2.65. The number of hydrogen-bond acceptors (Lipinski definition) is 3. The normalized spacial score (nSPS) is 12.5. The highest BCUT2D eigenvalue weighted by Gasteiger charge is 2.30. The van der Waals surface area contributed by atoms with Crippen LogP contribution in [0.15, 0.2) is 42.5 Å². The number of ether oxygens (including phenoxy) is 2. The molecule has 0 aliphatic heterocycles. The molecule has 0 aliphatic rings. The Balaban J connectivity index is 2.12. The molecule has 0 saturated carbocycles. The lowest BCUT2D eigenvalue weighted by Crippen LogP contribution is -2.13. The number of alkyl halides is 3. The number of aryl methyl sites for hydroxylation is 1. The van der Waals surface area contributed by atoms with Gasteiger partial charge in [-0.3, -0.25) is 4.79 Å². The summed E-state index contributed by atoms with van der Waals surface area (Å²) in [7, 11) is 0. The summed E-state index contributed by atoms with van der Waals surface area (Å²) in [6.07, 6.45) is -2.67. The molecule has 0 radical (unpaired) electrons. The van der Waals surface area contributed by atoms with E-state index in [0.717, 1.165) is 24.1 Å². The van der Waals surface area contributed by atoms with E-state index in [4.69, 9.17) is 14.6 Å². The number of carboxylic acids is 1. The summed E-state index contributed by atoms with van der Waals surface area (Å²) in [5.74, 6) is 0.588. The zero-order valence-corrected chi connectivity index (χ0v) is 15.8. The minimum Gasteiger partial charge on any atom is -0.491 e. The number of halogens is 3. The minimum absolute atomic E-state index is 0.0259. The number of aliphatic carboxylic acids is 1. The van der Waals surface area contributed by atoms with Crippen LogP contribution in [-0.4, -0.2) is 17.2 Å². The second kappa shape index (κ2) is 9.48. The molecule has 0 aromatic heterocycles. The van der Waals surface area contributed by atoms with E-state index in [2.05, 4.69) is 0 Å². The third-order valence-electron chi connectivity index (χ3n) is 4.06. The molecule has 0 amide bonds. The van der Waals surface area contributed by atoms with Gasteiger partial charge in [0.05, 0.1) is 11.7 Å². The summed E-state index contributed by atoms with van der Waals surface area (Å²) >= 11 is 0. The van der Waals surface area contributed by atoms with E-state index in [9.17, 15) is 18.0 Å². The SMILES string of the molecule is CCCc1cc(OC(C)CCC(=O)O)ccc1Oc1ccc(C(F)(F)F)cc1. The maximum Gasteiger partial charge on any atom is 0.416 e. The first kappa shape index (κ1) is 21.6. The van der Waals surface area contributed by atoms with Crippen LogP contribution in [0.1, 0.15) is 44.2 Å². The van der Waals surface area contributed by atoms with Crippen molar-refractivity contribution < 1.29 is 32.5 Å². The van der Waals surface area contributed by atoms with Crippen molar-refractivity contribution >= 4 is 5.97 Å². The molecule has 2 aromatic carbocycles. The fraction of sp³-hybridized carbons (Fsp3) is 0.381. The van der Waals surface area contributed by atoms with Crippen molar-refractivity contribution in [1.82, 2.24) is 0 Å². The van der Waals surface area contributed by atoms with Gasteiger partial charge in [0.25, 0.3) is 0 Å². The fourth-order valence-electron chi connectivity index (χ4n) is 2.65. The Bertz CT molecular complexity index is 785. The Labute approximate surface area is 161 Å². The molecule has 0 heterocycles. The predicted octanol–water partition coefficient (Wildman–Crippen LogP) is 6.08. The molecule has 4 nitrogen and oxygen atoms in total. The van der Waals surface area contributed by atoms with Crippen LogP contribution >= 0.6 is 0 Å². The summed E-state index contributed by atoms with van der Waals surface area (Å²) in [6.45, 7) is 3.81. The van der Waals surface area contributed by atoms with Crippen LogP contribution < -0.4 is 9.47 Å². The van der Waals surface area contributed by atoms with Gasteiger partial charge >= 0.3 is 12.1 Å². The zero-order chi connectivity index (χ0) is 20.7. The lowest BCUT2D eigenvalue weighted by Gasteiger charge is -2.17. The van der Waals surface area contributed by atoms with Crippen LogP contribution in [0.25, 0.3) is 0 Å². The van der Waals surface area contributed by atoms with Gasteiger partial charge in [0.1, 0.15) is 17.2 Å². The van der Waals surface area contributed by atoms with Gasteiger partial charge in [-0.15, -0.1) is 0 Å². The Morgan fingerprint density at radius 3 is 2.32 bits per heavy atom. The molecule has 1 unspecified atom stereocenters. The smallest absolute Gasteiger partial charge is 0.416 e. The standard InChI is InChI=1S/C21H23F3O4/c1-3-4-15-13-18(27-14(2)5-12-20(25)26)10-11-19(15)28-17-8-6-16(7-9-17)21(22,23)24/h6-11,13-14H,3-5,12H2,1-2H3,(H,25,26). The number of benzene rings is 2. The summed E-state index contributed by atoms with van der Waals surface area (Å²) < 4.78 is 49.5. The second-order valence-corrected chi connectivity index (χ2v) is 6.50. The number of carboxylic acid groups (broad SMARTS) is 1. The van der Waals surface area contributed by atoms with Crippen LogP contribution in [0, 0.1) is 0 Å². The predicted molar refractivity (Wildman–Crippen MR) is 98.9 cm³/mol. The van der Waals surface area contributed by atoms with Crippen LogP contribution in [0.2, 0.25) is 0 Å². The van der Waals surface area contributed by atoms with Crippen LogP contribution in [0.3, 0.4) is 0 Å². The zero-order valence-electron chi connectivity index (χ0n) is 15.8. The molecule has 0 bridgehead atoms. The Morgan fingerprint density at radius 2 is 1.75 bits per heavy atom. The highest BCUT2D eigenvalue weighted by molar-refractivity contribution is 5.66. The highest BCUT2D eigenvalue weighted by Crippen LogP contribution is 2.33. The van der Waals surface area contributed by atoms with Crippen molar-refractivity contribution in [2.45, 2.75) is 51.8 Å². The average molecular weight is 396 g/mol. The number of rotatable bonds is 9. The van der Waals surface area contributed by atoms with Crippen molar-refractivity contribution in [1.29, 1.82) is 0 Å². The van der Waals surface area contributed by atoms with Gasteiger partial charge < -0.3 is 14.6 Å². The van der Waals surface area contributed by atoms with Crippen molar-refractivity contribution in [3.8, 4) is 17.2 Å². The van der Waals surface area contributed by atoms with Gasteiger partial charge in [-0.05, 0) is 67.8 Å². The van der Waals surface area contributed by atoms with Gasteiger partial charge in [-0.1, -0.05) is 13.3 Å². The average Bonchev–Trinajstić information content (AvgIpc) is 2.62. The van der Waals surface area contributed by atoms with Gasteiger partial charge in [0.15, 0.2) is 0 Å². The van der Waals surface area contributed by atoms with Crippen molar-refractivity contribution in [3.63, 3.8) is 0 Å². The van der Waals surface area contributed by atoms with E-state index in [1.165, 1.54) is 12.1 Å². The van der Waals surface area contributed by atoms with Gasteiger partial charge in [0, 0.05) is 6.42 Å².